The summed E-state index contributed by atoms with van der Waals surface area (Å²) in [6.07, 6.45) is 0. The number of phenolic OH excluding ortho intramolecular Hbond substituents is 1. The summed E-state index contributed by atoms with van der Waals surface area (Å²) in [6.45, 7) is 0.322. The predicted octanol–water partition coefficient (Wildman–Crippen LogP) is 2.22. The van der Waals surface area contributed by atoms with Crippen LogP contribution in [0.1, 0.15) is 5.56 Å². The number of imidazole rings is 1. The smallest absolute Gasteiger partial charge is 0.326 e. The number of phenols is 1. The van der Waals surface area contributed by atoms with Gasteiger partial charge in [0.1, 0.15) is 17.1 Å². The van der Waals surface area contributed by atoms with E-state index in [1.165, 1.54) is 10.6 Å². The summed E-state index contributed by atoms with van der Waals surface area (Å²) in [4.78, 5) is 14.4. The molecule has 1 heterocycles. The highest BCUT2D eigenvalue weighted by atomic mass is 19.1. The molecular weight excluding hydrogens is 247 g/mol. The Hall–Kier alpha value is -2.56. The van der Waals surface area contributed by atoms with Gasteiger partial charge in [-0.1, -0.05) is 18.2 Å². The van der Waals surface area contributed by atoms with Crippen molar-refractivity contribution in [3.8, 4) is 5.75 Å². The molecule has 1 aromatic heterocycles. The second kappa shape index (κ2) is 4.28. The fraction of sp³-hybridized carbons (Fsp3) is 0.0714. The van der Waals surface area contributed by atoms with E-state index in [4.69, 9.17) is 0 Å². The number of nitrogens with one attached hydrogen (secondary N) is 1. The lowest BCUT2D eigenvalue weighted by Crippen LogP contribution is -2.17. The zero-order chi connectivity index (χ0) is 13.4. The zero-order valence-corrected chi connectivity index (χ0v) is 9.93. The molecule has 3 aromatic rings. The Bertz CT molecular complexity index is 787. The summed E-state index contributed by atoms with van der Waals surface area (Å²) in [6, 6.07) is 11.1. The van der Waals surface area contributed by atoms with Crippen LogP contribution >= 0.6 is 0 Å². The first kappa shape index (κ1) is 11.5. The topological polar surface area (TPSA) is 58.0 Å². The average molecular weight is 258 g/mol. The van der Waals surface area contributed by atoms with Gasteiger partial charge < -0.3 is 10.1 Å². The summed E-state index contributed by atoms with van der Waals surface area (Å²) in [5, 5.41) is 9.22. The van der Waals surface area contributed by atoms with Gasteiger partial charge in [-0.2, -0.15) is 0 Å². The maximum atomic E-state index is 13.6. The molecule has 0 aliphatic rings. The van der Waals surface area contributed by atoms with Gasteiger partial charge in [-0.15, -0.1) is 0 Å². The number of aromatic amines is 1. The van der Waals surface area contributed by atoms with Crippen LogP contribution in [0.5, 0.6) is 5.75 Å². The maximum absolute atomic E-state index is 13.6. The van der Waals surface area contributed by atoms with E-state index in [0.29, 0.717) is 12.1 Å². The first-order valence-electron chi connectivity index (χ1n) is 5.80. The van der Waals surface area contributed by atoms with Crippen molar-refractivity contribution in [2.24, 2.45) is 0 Å². The van der Waals surface area contributed by atoms with Crippen LogP contribution in [0.15, 0.2) is 47.3 Å². The van der Waals surface area contributed by atoms with Gasteiger partial charge in [0, 0.05) is 0 Å². The highest BCUT2D eigenvalue weighted by molar-refractivity contribution is 5.75. The van der Waals surface area contributed by atoms with Gasteiger partial charge in [0.05, 0.1) is 12.1 Å². The Morgan fingerprint density at radius 1 is 1.16 bits per heavy atom. The number of nitrogens with zero attached hydrogens (tertiary/aromatic N) is 1. The van der Waals surface area contributed by atoms with Crippen LogP contribution in [0.2, 0.25) is 0 Å². The van der Waals surface area contributed by atoms with Gasteiger partial charge >= 0.3 is 5.69 Å². The Labute approximate surface area is 107 Å². The SMILES string of the molecule is O=c1[nH]c2c(F)cccc2n1Cc1ccc(O)cc1. The Morgan fingerprint density at radius 3 is 2.63 bits per heavy atom. The van der Waals surface area contributed by atoms with Gasteiger partial charge in [0.25, 0.3) is 0 Å². The third-order valence-corrected chi connectivity index (χ3v) is 3.04. The standard InChI is InChI=1S/C14H11FN2O2/c15-11-2-1-3-12-13(11)16-14(19)17(12)8-9-4-6-10(18)7-5-9/h1-7,18H,8H2,(H,16,19). The fourth-order valence-corrected chi connectivity index (χ4v) is 2.09. The van der Waals surface area contributed by atoms with Gasteiger partial charge in [0.15, 0.2) is 0 Å². The Balaban J connectivity index is 2.10. The number of hydrogen-bond donors (Lipinski definition) is 2. The highest BCUT2D eigenvalue weighted by Crippen LogP contribution is 2.16. The molecule has 3 rings (SSSR count). The molecule has 5 heteroatoms. The monoisotopic (exact) mass is 258 g/mol. The van der Waals surface area contributed by atoms with Crippen LogP contribution in [0.4, 0.5) is 4.39 Å². The number of benzene rings is 2. The number of hydrogen-bond acceptors (Lipinski definition) is 2. The van der Waals surface area contributed by atoms with E-state index < -0.39 is 5.82 Å². The molecule has 0 saturated heterocycles. The lowest BCUT2D eigenvalue weighted by molar-refractivity contribution is 0.475. The van der Waals surface area contributed by atoms with E-state index in [1.807, 2.05) is 0 Å². The van der Waals surface area contributed by atoms with E-state index >= 15 is 0 Å². The number of aromatic nitrogens is 2. The number of aromatic hydroxyl groups is 1. The van der Waals surface area contributed by atoms with Crippen molar-refractivity contribution >= 4 is 11.0 Å². The van der Waals surface area contributed by atoms with Crippen molar-refractivity contribution in [1.82, 2.24) is 9.55 Å². The molecule has 0 aliphatic carbocycles. The molecule has 0 bridgehead atoms. The second-order valence-electron chi connectivity index (χ2n) is 4.32. The zero-order valence-electron chi connectivity index (χ0n) is 9.93. The molecule has 0 radical (unpaired) electrons. The van der Waals surface area contributed by atoms with Crippen molar-refractivity contribution in [3.05, 3.63) is 64.3 Å². The number of fused-ring (bicyclic) bond motifs is 1. The molecule has 4 nitrogen and oxygen atoms in total. The normalized spacial score (nSPS) is 11.0. The van der Waals surface area contributed by atoms with Gasteiger partial charge in [-0.05, 0) is 29.8 Å². The van der Waals surface area contributed by atoms with Crippen molar-refractivity contribution in [3.63, 3.8) is 0 Å². The third kappa shape index (κ3) is 1.99. The first-order valence-corrected chi connectivity index (χ1v) is 5.80. The maximum Gasteiger partial charge on any atom is 0.326 e. The summed E-state index contributed by atoms with van der Waals surface area (Å²) < 4.78 is 15.0. The minimum absolute atomic E-state index is 0.168. The molecule has 2 aromatic carbocycles. The molecule has 0 spiro atoms. The minimum Gasteiger partial charge on any atom is -0.508 e. The quantitative estimate of drug-likeness (QED) is 0.740. The van der Waals surface area contributed by atoms with E-state index in [9.17, 15) is 14.3 Å². The Kier molecular flexibility index (Phi) is 2.59. The van der Waals surface area contributed by atoms with Crippen molar-refractivity contribution in [2.45, 2.75) is 6.54 Å². The largest absolute Gasteiger partial charge is 0.508 e. The van der Waals surface area contributed by atoms with Crippen LogP contribution in [0.25, 0.3) is 11.0 Å². The number of halogens is 1. The van der Waals surface area contributed by atoms with Crippen LogP contribution in [0.3, 0.4) is 0 Å². The van der Waals surface area contributed by atoms with Crippen LogP contribution < -0.4 is 5.69 Å². The lowest BCUT2D eigenvalue weighted by atomic mass is 10.2. The van der Waals surface area contributed by atoms with Gasteiger partial charge in [-0.3, -0.25) is 4.57 Å². The molecule has 0 aliphatic heterocycles. The molecule has 0 fully saturated rings. The molecule has 0 unspecified atom stereocenters. The molecule has 19 heavy (non-hydrogen) atoms. The van der Waals surface area contributed by atoms with Crippen molar-refractivity contribution in [2.75, 3.05) is 0 Å². The fourth-order valence-electron chi connectivity index (χ4n) is 2.09. The Morgan fingerprint density at radius 2 is 1.89 bits per heavy atom. The van der Waals surface area contributed by atoms with Gasteiger partial charge in [0.2, 0.25) is 0 Å². The summed E-state index contributed by atoms with van der Waals surface area (Å²) in [5.41, 5.74) is 1.24. The van der Waals surface area contributed by atoms with Crippen molar-refractivity contribution < 1.29 is 9.50 Å². The van der Waals surface area contributed by atoms with E-state index in [0.717, 1.165) is 5.56 Å². The summed E-state index contributed by atoms with van der Waals surface area (Å²) in [7, 11) is 0. The number of para-hydroxylation sites is 1. The number of H-pyrrole nitrogens is 1. The summed E-state index contributed by atoms with van der Waals surface area (Å²) in [5.74, 6) is -0.278. The molecular formula is C14H11FN2O2. The average Bonchev–Trinajstić information content (AvgIpc) is 2.71. The van der Waals surface area contributed by atoms with E-state index in [1.54, 1.807) is 36.4 Å². The van der Waals surface area contributed by atoms with Crippen LogP contribution in [-0.2, 0) is 6.54 Å². The van der Waals surface area contributed by atoms with E-state index in [2.05, 4.69) is 4.98 Å². The summed E-state index contributed by atoms with van der Waals surface area (Å²) >= 11 is 0. The molecule has 0 amide bonds. The van der Waals surface area contributed by atoms with Gasteiger partial charge in [-0.25, -0.2) is 9.18 Å². The molecule has 2 N–H and O–H groups in total. The molecule has 0 atom stereocenters. The second-order valence-corrected chi connectivity index (χ2v) is 4.32. The van der Waals surface area contributed by atoms with Crippen molar-refractivity contribution in [1.29, 1.82) is 0 Å². The number of rotatable bonds is 2. The van der Waals surface area contributed by atoms with E-state index in [-0.39, 0.29) is 17.0 Å². The lowest BCUT2D eigenvalue weighted by Gasteiger charge is -2.04. The molecule has 0 saturated carbocycles. The minimum atomic E-state index is -0.445. The first-order chi connectivity index (χ1) is 9.15. The predicted molar refractivity (Wildman–Crippen MR) is 69.7 cm³/mol. The molecule has 96 valence electrons. The van der Waals surface area contributed by atoms with Crippen LogP contribution in [-0.4, -0.2) is 14.7 Å². The highest BCUT2D eigenvalue weighted by Gasteiger charge is 2.10. The third-order valence-electron chi connectivity index (χ3n) is 3.04. The van der Waals surface area contributed by atoms with Crippen LogP contribution in [0, 0.1) is 5.82 Å².